The van der Waals surface area contributed by atoms with Gasteiger partial charge in [-0.2, -0.15) is 0 Å². The summed E-state index contributed by atoms with van der Waals surface area (Å²) < 4.78 is 0. The van der Waals surface area contributed by atoms with Crippen molar-refractivity contribution < 1.29 is 9.59 Å². The number of hydrogen-bond donors (Lipinski definition) is 1. The third-order valence-electron chi connectivity index (χ3n) is 0.617. The van der Waals surface area contributed by atoms with Crippen molar-refractivity contribution >= 4 is 12.1 Å². The Hall–Kier alpha value is -1.46. The molecule has 0 aromatic carbocycles. The van der Waals surface area contributed by atoms with Crippen LogP contribution in [0.4, 0.5) is 9.59 Å². The second kappa shape index (κ2) is 3.54. The second-order valence-electron chi connectivity index (χ2n) is 1.72. The number of carbonyl (C=O) groups excluding carboxylic acids is 2. The van der Waals surface area contributed by atoms with E-state index in [-0.39, 0.29) is 0 Å². The van der Waals surface area contributed by atoms with E-state index in [2.05, 4.69) is 16.0 Å². The molecule has 56 valence electrons. The molecule has 0 atom stereocenters. The number of rotatable bonds is 0. The Morgan fingerprint density at radius 1 is 1.30 bits per heavy atom. The van der Waals surface area contributed by atoms with E-state index < -0.39 is 12.1 Å². The average Bonchev–Trinajstić information content (AvgIpc) is 1.82. The summed E-state index contributed by atoms with van der Waals surface area (Å²) in [6.07, 6.45) is 0. The first-order chi connectivity index (χ1) is 4.54. The van der Waals surface area contributed by atoms with Crippen molar-refractivity contribution in [3.05, 3.63) is 0 Å². The zero-order valence-corrected chi connectivity index (χ0v) is 5.74. The van der Waals surface area contributed by atoms with Crippen LogP contribution < -0.4 is 5.73 Å². The monoisotopic (exact) mass is 144 g/mol. The summed E-state index contributed by atoms with van der Waals surface area (Å²) in [4.78, 5) is 21.6. The highest BCUT2D eigenvalue weighted by atomic mass is 16.2. The van der Waals surface area contributed by atoms with E-state index in [9.17, 15) is 9.59 Å². The molecule has 0 saturated carbocycles. The Morgan fingerprint density at radius 2 is 1.80 bits per heavy atom. The molecule has 0 aromatic rings. The van der Waals surface area contributed by atoms with Gasteiger partial charge in [-0.15, -0.1) is 0 Å². The minimum atomic E-state index is -0.977. The van der Waals surface area contributed by atoms with Gasteiger partial charge in [0, 0.05) is 14.1 Å². The lowest BCUT2D eigenvalue weighted by molar-refractivity contribution is 0.224. The first-order valence-corrected chi connectivity index (χ1v) is 2.46. The Morgan fingerprint density at radius 3 is 2.10 bits per heavy atom. The lowest BCUT2D eigenvalue weighted by Gasteiger charge is -2.01. The molecule has 0 aromatic heterocycles. The molecule has 6 nitrogen and oxygen atoms in total. The second-order valence-corrected chi connectivity index (χ2v) is 1.72. The Kier molecular flexibility index (Phi) is 3.03. The highest BCUT2D eigenvalue weighted by molar-refractivity contribution is 5.78. The van der Waals surface area contributed by atoms with Gasteiger partial charge in [-0.3, -0.25) is 0 Å². The van der Waals surface area contributed by atoms with Crippen molar-refractivity contribution in [1.29, 1.82) is 0 Å². The number of amides is 4. The average molecular weight is 144 g/mol. The summed E-state index contributed by atoms with van der Waals surface area (Å²) in [5, 5.41) is 5.78. The van der Waals surface area contributed by atoms with Gasteiger partial charge in [0.2, 0.25) is 0 Å². The highest BCUT2D eigenvalue weighted by Crippen LogP contribution is 1.84. The molecule has 0 unspecified atom stereocenters. The normalized spacial score (nSPS) is 9.80. The van der Waals surface area contributed by atoms with Crippen LogP contribution in [0.5, 0.6) is 0 Å². The topological polar surface area (TPSA) is 88.1 Å². The van der Waals surface area contributed by atoms with Gasteiger partial charge in [-0.05, 0) is 0 Å². The molecule has 0 spiro atoms. The van der Waals surface area contributed by atoms with Crippen LogP contribution in [0, 0.1) is 0 Å². The van der Waals surface area contributed by atoms with E-state index in [1.807, 2.05) is 0 Å². The molecule has 0 bridgehead atoms. The number of nitrogens with zero attached hydrogens (tertiary/aromatic N) is 3. The van der Waals surface area contributed by atoms with Gasteiger partial charge in [0.05, 0.1) is 0 Å². The summed E-state index contributed by atoms with van der Waals surface area (Å²) >= 11 is 0. The summed E-state index contributed by atoms with van der Waals surface area (Å²) in [6, 6.07) is -1.59. The molecule has 0 rings (SSSR count). The lowest BCUT2D eigenvalue weighted by atomic mass is 10.9. The molecule has 0 aliphatic heterocycles. The third-order valence-corrected chi connectivity index (χ3v) is 0.617. The number of urea groups is 2. The first-order valence-electron chi connectivity index (χ1n) is 2.46. The Labute approximate surface area is 57.7 Å². The van der Waals surface area contributed by atoms with Crippen molar-refractivity contribution in [3.8, 4) is 0 Å². The largest absolute Gasteiger partial charge is 0.361 e. The molecular weight excluding hydrogens is 136 g/mol. The van der Waals surface area contributed by atoms with Crippen molar-refractivity contribution in [2.75, 3.05) is 14.1 Å². The van der Waals surface area contributed by atoms with E-state index in [1.54, 1.807) is 0 Å². The fourth-order valence-corrected chi connectivity index (χ4v) is 0.181. The van der Waals surface area contributed by atoms with E-state index in [1.165, 1.54) is 19.0 Å². The highest BCUT2D eigenvalue weighted by Gasteiger charge is 1.99. The molecule has 6 heteroatoms. The smallest absolute Gasteiger partial charge is 0.348 e. The van der Waals surface area contributed by atoms with Crippen molar-refractivity contribution in [3.63, 3.8) is 0 Å². The molecule has 0 saturated heterocycles. The zero-order valence-electron chi connectivity index (χ0n) is 5.74. The van der Waals surface area contributed by atoms with Crippen molar-refractivity contribution in [2.45, 2.75) is 0 Å². The van der Waals surface area contributed by atoms with Crippen LogP contribution in [0.1, 0.15) is 0 Å². The van der Waals surface area contributed by atoms with Gasteiger partial charge >= 0.3 is 12.1 Å². The van der Waals surface area contributed by atoms with Crippen LogP contribution in [-0.4, -0.2) is 31.1 Å². The maximum absolute atomic E-state index is 10.5. The lowest BCUT2D eigenvalue weighted by Crippen LogP contribution is -2.17. The van der Waals surface area contributed by atoms with Crippen LogP contribution in [0.15, 0.2) is 10.2 Å². The van der Waals surface area contributed by atoms with Crippen LogP contribution in [0.25, 0.3) is 0 Å². The van der Waals surface area contributed by atoms with Crippen LogP contribution in [0.3, 0.4) is 0 Å². The standard InChI is InChI=1S/C4H8N4O2/c1-8(2)4(10)7-6-3(5)9/h1-2H3,(H2,5,9). The summed E-state index contributed by atoms with van der Waals surface area (Å²) in [5.74, 6) is 0. The summed E-state index contributed by atoms with van der Waals surface area (Å²) in [6.45, 7) is 0. The zero-order chi connectivity index (χ0) is 8.15. The minimum absolute atomic E-state index is 0.612. The van der Waals surface area contributed by atoms with Gasteiger partial charge in [-0.1, -0.05) is 10.2 Å². The van der Waals surface area contributed by atoms with Crippen molar-refractivity contribution in [1.82, 2.24) is 4.90 Å². The number of azo groups is 1. The maximum atomic E-state index is 10.5. The maximum Gasteiger partial charge on any atom is 0.361 e. The van der Waals surface area contributed by atoms with E-state index in [4.69, 9.17) is 0 Å². The van der Waals surface area contributed by atoms with Crippen LogP contribution in [-0.2, 0) is 0 Å². The van der Waals surface area contributed by atoms with Crippen molar-refractivity contribution in [2.24, 2.45) is 16.0 Å². The van der Waals surface area contributed by atoms with Crippen LogP contribution >= 0.6 is 0 Å². The van der Waals surface area contributed by atoms with E-state index in [0.717, 1.165) is 0 Å². The number of carbonyl (C=O) groups is 2. The molecule has 2 N–H and O–H groups in total. The van der Waals surface area contributed by atoms with E-state index in [0.29, 0.717) is 0 Å². The molecule has 0 aliphatic rings. The first kappa shape index (κ1) is 8.54. The fraction of sp³-hybridized carbons (Fsp3) is 0.500. The molecule has 0 heterocycles. The molecular formula is C4H8N4O2. The van der Waals surface area contributed by atoms with Gasteiger partial charge < -0.3 is 10.6 Å². The Bertz CT molecular complexity index is 174. The number of hydrogen-bond acceptors (Lipinski definition) is 2. The Balaban J connectivity index is 3.90. The fourth-order valence-electron chi connectivity index (χ4n) is 0.181. The van der Waals surface area contributed by atoms with E-state index >= 15 is 0 Å². The van der Waals surface area contributed by atoms with Crippen LogP contribution in [0.2, 0.25) is 0 Å². The minimum Gasteiger partial charge on any atom is -0.348 e. The molecule has 0 radical (unpaired) electrons. The predicted molar refractivity (Wildman–Crippen MR) is 33.5 cm³/mol. The molecule has 4 amide bonds. The van der Waals surface area contributed by atoms with Gasteiger partial charge in [0.25, 0.3) is 0 Å². The van der Waals surface area contributed by atoms with Gasteiger partial charge in [0.1, 0.15) is 0 Å². The van der Waals surface area contributed by atoms with Gasteiger partial charge in [-0.25, -0.2) is 9.59 Å². The molecule has 0 aliphatic carbocycles. The molecule has 10 heavy (non-hydrogen) atoms. The summed E-state index contributed by atoms with van der Waals surface area (Å²) in [5.41, 5.74) is 4.57. The van der Waals surface area contributed by atoms with Gasteiger partial charge in [0.15, 0.2) is 0 Å². The summed E-state index contributed by atoms with van der Waals surface area (Å²) in [7, 11) is 2.98. The number of nitrogens with two attached hydrogens (primary N) is 1. The quantitative estimate of drug-likeness (QED) is 0.492. The predicted octanol–water partition coefficient (Wildman–Crippen LogP) is 0.199. The number of primary amides is 1. The SMILES string of the molecule is CN(C)C(=O)N=NC(N)=O. The third kappa shape index (κ3) is 3.53. The molecule has 0 fully saturated rings.